The maximum Gasteiger partial charge on any atom is 0.387 e. The molecule has 1 heterocycles. The highest BCUT2D eigenvalue weighted by atomic mass is 32.1. The summed E-state index contributed by atoms with van der Waals surface area (Å²) in [6.45, 7) is -1.91. The molecule has 0 fully saturated rings. The van der Waals surface area contributed by atoms with Gasteiger partial charge in [0.2, 0.25) is 5.91 Å². The van der Waals surface area contributed by atoms with Crippen molar-refractivity contribution in [3.63, 3.8) is 0 Å². The third-order valence-corrected chi connectivity index (χ3v) is 6.61. The van der Waals surface area contributed by atoms with Gasteiger partial charge in [0, 0.05) is 24.4 Å². The van der Waals surface area contributed by atoms with Crippen LogP contribution in [-0.4, -0.2) is 38.1 Å². The highest BCUT2D eigenvalue weighted by Gasteiger charge is 2.21. The summed E-state index contributed by atoms with van der Waals surface area (Å²) >= 11 is 1.53. The molecule has 1 aliphatic carbocycles. The molecule has 2 aromatic rings. The molecular weight excluding hydrogens is 436 g/mol. The zero-order valence-corrected chi connectivity index (χ0v) is 19.1. The Hall–Kier alpha value is -2.70. The molecule has 0 spiro atoms. The minimum absolute atomic E-state index is 0.0177. The van der Waals surface area contributed by atoms with Crippen molar-refractivity contribution in [2.24, 2.45) is 0 Å². The number of carbonyl (C=O) groups excluding carboxylic acids is 1. The average molecular weight is 464 g/mol. The Balaban J connectivity index is 1.55. The monoisotopic (exact) mass is 463 g/mol. The Morgan fingerprint density at radius 3 is 2.78 bits per heavy atom. The Labute approximate surface area is 190 Å². The van der Waals surface area contributed by atoms with Gasteiger partial charge in [0.1, 0.15) is 11.1 Å². The van der Waals surface area contributed by atoms with E-state index in [-0.39, 0.29) is 23.8 Å². The van der Waals surface area contributed by atoms with Crippen molar-refractivity contribution >= 4 is 22.2 Å². The van der Waals surface area contributed by atoms with Crippen LogP contribution in [0.5, 0.6) is 11.5 Å². The van der Waals surface area contributed by atoms with Crippen molar-refractivity contribution in [1.29, 1.82) is 5.26 Å². The molecular formula is C23H27F2N3O3S. The number of aryl methyl sites for hydroxylation is 1. The predicted octanol–water partition coefficient (Wildman–Crippen LogP) is 4.96. The van der Waals surface area contributed by atoms with Gasteiger partial charge in [0.15, 0.2) is 11.5 Å². The van der Waals surface area contributed by atoms with E-state index in [1.165, 1.54) is 35.8 Å². The number of fused-ring (bicyclic) bond motifs is 1. The number of anilines is 1. The zero-order valence-electron chi connectivity index (χ0n) is 18.2. The number of alkyl halides is 2. The van der Waals surface area contributed by atoms with Crippen molar-refractivity contribution < 1.29 is 23.0 Å². The zero-order chi connectivity index (χ0) is 23.1. The van der Waals surface area contributed by atoms with Crippen LogP contribution in [0.4, 0.5) is 13.8 Å². The number of thiophene rings is 1. The van der Waals surface area contributed by atoms with Crippen LogP contribution < -0.4 is 14.8 Å². The summed E-state index contributed by atoms with van der Waals surface area (Å²) in [5, 5.41) is 13.2. The Morgan fingerprint density at radius 2 is 2.06 bits per heavy atom. The van der Waals surface area contributed by atoms with Crippen LogP contribution in [0, 0.1) is 11.3 Å². The smallest absolute Gasteiger partial charge is 0.387 e. The van der Waals surface area contributed by atoms with Crippen LogP contribution in [-0.2, 0) is 24.2 Å². The standard InChI is InChI=1S/C23H27F2N3O3S/c1-28(14-15-8-9-18(31-23(24)25)19(12-15)30-2)11-10-21(29)27-22-17(13-26)16-6-4-3-5-7-20(16)32-22/h8-9,12,23H,3-7,10-11,14H2,1-2H3,(H,27,29). The lowest BCUT2D eigenvalue weighted by atomic mass is 10.1. The number of nitrogens with zero attached hydrogens (tertiary/aromatic N) is 2. The molecule has 0 saturated carbocycles. The Morgan fingerprint density at radius 1 is 1.28 bits per heavy atom. The second-order valence-electron chi connectivity index (χ2n) is 7.78. The number of benzene rings is 1. The molecule has 0 unspecified atom stereocenters. The summed E-state index contributed by atoms with van der Waals surface area (Å²) in [6.07, 6.45) is 5.52. The van der Waals surface area contributed by atoms with Gasteiger partial charge in [-0.1, -0.05) is 12.5 Å². The van der Waals surface area contributed by atoms with E-state index in [0.717, 1.165) is 36.8 Å². The molecule has 3 rings (SSSR count). The number of methoxy groups -OCH3 is 1. The van der Waals surface area contributed by atoms with E-state index in [9.17, 15) is 18.8 Å². The average Bonchev–Trinajstić information content (AvgIpc) is 2.91. The third-order valence-electron chi connectivity index (χ3n) is 5.40. The van der Waals surface area contributed by atoms with E-state index in [1.807, 2.05) is 11.9 Å². The molecule has 172 valence electrons. The second-order valence-corrected chi connectivity index (χ2v) is 8.89. The SMILES string of the molecule is COc1cc(CN(C)CCC(=O)Nc2sc3c(c2C#N)CCCCC3)ccc1OC(F)F. The van der Waals surface area contributed by atoms with E-state index in [1.54, 1.807) is 12.1 Å². The Kier molecular flexibility index (Phi) is 8.42. The molecule has 6 nitrogen and oxygen atoms in total. The number of amides is 1. The molecule has 1 amide bonds. The number of nitriles is 1. The lowest BCUT2D eigenvalue weighted by Crippen LogP contribution is -2.24. The third kappa shape index (κ3) is 6.17. The van der Waals surface area contributed by atoms with Gasteiger partial charge in [-0.15, -0.1) is 11.3 Å². The van der Waals surface area contributed by atoms with Crippen LogP contribution >= 0.6 is 11.3 Å². The molecule has 0 bridgehead atoms. The highest BCUT2D eigenvalue weighted by Crippen LogP contribution is 2.37. The maximum atomic E-state index is 12.5. The van der Waals surface area contributed by atoms with Gasteiger partial charge in [-0.3, -0.25) is 4.79 Å². The highest BCUT2D eigenvalue weighted by molar-refractivity contribution is 7.16. The van der Waals surface area contributed by atoms with Crippen molar-refractivity contribution in [2.45, 2.75) is 51.7 Å². The molecule has 0 atom stereocenters. The van der Waals surface area contributed by atoms with E-state index >= 15 is 0 Å². The van der Waals surface area contributed by atoms with Gasteiger partial charge in [-0.25, -0.2) is 0 Å². The summed E-state index contributed by atoms with van der Waals surface area (Å²) in [5.41, 5.74) is 2.57. The van der Waals surface area contributed by atoms with Crippen molar-refractivity contribution in [1.82, 2.24) is 4.90 Å². The molecule has 1 aromatic heterocycles. The van der Waals surface area contributed by atoms with Crippen LogP contribution in [0.3, 0.4) is 0 Å². The van der Waals surface area contributed by atoms with Crippen molar-refractivity contribution in [3.05, 3.63) is 39.8 Å². The largest absolute Gasteiger partial charge is 0.493 e. The lowest BCUT2D eigenvalue weighted by molar-refractivity contribution is -0.116. The van der Waals surface area contributed by atoms with E-state index < -0.39 is 6.61 Å². The van der Waals surface area contributed by atoms with Crippen LogP contribution in [0.1, 0.15) is 47.3 Å². The minimum atomic E-state index is -2.92. The fraction of sp³-hybridized carbons (Fsp3) is 0.478. The minimum Gasteiger partial charge on any atom is -0.493 e. The quantitative estimate of drug-likeness (QED) is 0.532. The summed E-state index contributed by atoms with van der Waals surface area (Å²) in [7, 11) is 3.27. The number of carbonyl (C=O) groups is 1. The molecule has 0 saturated heterocycles. The fourth-order valence-electron chi connectivity index (χ4n) is 3.82. The fourth-order valence-corrected chi connectivity index (χ4v) is 5.08. The normalized spacial score (nSPS) is 13.4. The molecule has 0 aliphatic heterocycles. The second kappa shape index (κ2) is 11.2. The number of nitrogens with one attached hydrogen (secondary N) is 1. The van der Waals surface area contributed by atoms with Gasteiger partial charge >= 0.3 is 6.61 Å². The van der Waals surface area contributed by atoms with Crippen LogP contribution in [0.25, 0.3) is 0 Å². The molecule has 32 heavy (non-hydrogen) atoms. The van der Waals surface area contributed by atoms with Crippen LogP contribution in [0.2, 0.25) is 0 Å². The van der Waals surface area contributed by atoms with Gasteiger partial charge < -0.3 is 19.7 Å². The van der Waals surface area contributed by atoms with Crippen LogP contribution in [0.15, 0.2) is 18.2 Å². The number of rotatable bonds is 9. The topological polar surface area (TPSA) is 74.6 Å². The summed E-state index contributed by atoms with van der Waals surface area (Å²) in [6, 6.07) is 7.06. The van der Waals surface area contributed by atoms with Gasteiger partial charge in [-0.2, -0.15) is 14.0 Å². The van der Waals surface area contributed by atoms with Crippen molar-refractivity contribution in [2.75, 3.05) is 26.0 Å². The first-order chi connectivity index (χ1) is 15.4. The number of hydrogen-bond donors (Lipinski definition) is 1. The molecule has 1 N–H and O–H groups in total. The van der Waals surface area contributed by atoms with E-state index in [0.29, 0.717) is 23.7 Å². The number of ether oxygens (including phenoxy) is 2. The lowest BCUT2D eigenvalue weighted by Gasteiger charge is -2.18. The van der Waals surface area contributed by atoms with E-state index in [4.69, 9.17) is 4.74 Å². The van der Waals surface area contributed by atoms with E-state index in [2.05, 4.69) is 16.1 Å². The van der Waals surface area contributed by atoms with Gasteiger partial charge in [0.25, 0.3) is 0 Å². The summed E-state index contributed by atoms with van der Waals surface area (Å²) < 4.78 is 34.5. The van der Waals surface area contributed by atoms with Crippen molar-refractivity contribution in [3.8, 4) is 17.6 Å². The number of halogens is 2. The summed E-state index contributed by atoms with van der Waals surface area (Å²) in [5.74, 6) is 0.0781. The molecule has 1 aliphatic rings. The predicted molar refractivity (Wildman–Crippen MR) is 119 cm³/mol. The molecule has 0 radical (unpaired) electrons. The first kappa shape index (κ1) is 24.0. The summed E-state index contributed by atoms with van der Waals surface area (Å²) in [4.78, 5) is 15.7. The molecule has 9 heteroatoms. The maximum absolute atomic E-state index is 12.5. The first-order valence-electron chi connectivity index (χ1n) is 10.6. The van der Waals surface area contributed by atoms with Gasteiger partial charge in [0.05, 0.1) is 12.7 Å². The first-order valence-corrected chi connectivity index (χ1v) is 11.4. The van der Waals surface area contributed by atoms with Gasteiger partial charge in [-0.05, 0) is 56.0 Å². The Bertz CT molecular complexity index is 988. The molecule has 1 aromatic carbocycles. The number of hydrogen-bond acceptors (Lipinski definition) is 6.